The lowest BCUT2D eigenvalue weighted by Gasteiger charge is -2.09. The van der Waals surface area contributed by atoms with Crippen molar-refractivity contribution in [2.24, 2.45) is 0 Å². The third-order valence-corrected chi connectivity index (χ3v) is 3.01. The summed E-state index contributed by atoms with van der Waals surface area (Å²) in [6.45, 7) is 2.01. The fourth-order valence-corrected chi connectivity index (χ4v) is 1.98. The molecule has 2 aromatic rings. The van der Waals surface area contributed by atoms with Crippen LogP contribution in [0.25, 0.3) is 10.8 Å². The van der Waals surface area contributed by atoms with Gasteiger partial charge >= 0.3 is 5.97 Å². The summed E-state index contributed by atoms with van der Waals surface area (Å²) >= 11 is 0. The molecule has 0 bridgehead atoms. The van der Waals surface area contributed by atoms with Crippen molar-refractivity contribution in [3.63, 3.8) is 0 Å². The Kier molecular flexibility index (Phi) is 4.29. The Morgan fingerprint density at radius 2 is 2.00 bits per heavy atom. The lowest BCUT2D eigenvalue weighted by atomic mass is 10.0. The van der Waals surface area contributed by atoms with Crippen LogP contribution >= 0.6 is 0 Å². The molecule has 0 aliphatic carbocycles. The van der Waals surface area contributed by atoms with Gasteiger partial charge in [0.25, 0.3) is 0 Å². The normalized spacial score (nSPS) is 10.4. The number of esters is 1. The molecule has 0 unspecified atom stereocenters. The highest BCUT2D eigenvalue weighted by Crippen LogP contribution is 2.26. The van der Waals surface area contributed by atoms with E-state index in [2.05, 4.69) is 0 Å². The molecule has 2 rings (SSSR count). The van der Waals surface area contributed by atoms with Gasteiger partial charge in [-0.15, -0.1) is 0 Å². The Morgan fingerprint density at radius 1 is 1.21 bits per heavy atom. The summed E-state index contributed by atoms with van der Waals surface area (Å²) < 4.78 is 5.28. The van der Waals surface area contributed by atoms with E-state index in [1.54, 1.807) is 6.07 Å². The summed E-state index contributed by atoms with van der Waals surface area (Å²) in [5.41, 5.74) is 0.433. The number of rotatable bonds is 5. The van der Waals surface area contributed by atoms with Crippen LogP contribution in [0.15, 0.2) is 36.4 Å². The highest BCUT2D eigenvalue weighted by molar-refractivity contribution is 6.01. The number of unbranched alkanes of at least 4 members (excludes halogenated alkanes) is 1. The second-order valence-corrected chi connectivity index (χ2v) is 4.39. The van der Waals surface area contributed by atoms with Crippen molar-refractivity contribution in [1.29, 1.82) is 0 Å². The number of hydrogen-bond acceptors (Lipinski definition) is 3. The molecule has 0 radical (unpaired) electrons. The molecule has 19 heavy (non-hydrogen) atoms. The fraction of sp³-hybridized carbons (Fsp3) is 0.250. The van der Waals surface area contributed by atoms with E-state index in [1.807, 2.05) is 37.3 Å². The van der Waals surface area contributed by atoms with E-state index in [-0.39, 0.29) is 5.97 Å². The molecule has 0 amide bonds. The maximum absolute atomic E-state index is 11.6. The van der Waals surface area contributed by atoms with Gasteiger partial charge < -0.3 is 4.74 Å². The number of carbonyl (C=O) groups is 2. The molecule has 0 heterocycles. The van der Waals surface area contributed by atoms with Gasteiger partial charge in [-0.25, -0.2) is 0 Å². The molecule has 0 spiro atoms. The van der Waals surface area contributed by atoms with Gasteiger partial charge in [-0.05, 0) is 23.3 Å². The molecule has 3 nitrogen and oxygen atoms in total. The summed E-state index contributed by atoms with van der Waals surface area (Å²) in [7, 11) is 0. The van der Waals surface area contributed by atoms with E-state index in [1.165, 1.54) is 0 Å². The van der Waals surface area contributed by atoms with Crippen LogP contribution in [0.5, 0.6) is 5.75 Å². The number of ether oxygens (including phenoxy) is 1. The molecular formula is C16H16O3. The molecule has 0 atom stereocenters. The molecule has 0 aliphatic rings. The van der Waals surface area contributed by atoms with Crippen molar-refractivity contribution in [1.82, 2.24) is 0 Å². The summed E-state index contributed by atoms with van der Waals surface area (Å²) in [4.78, 5) is 22.9. The van der Waals surface area contributed by atoms with E-state index in [0.29, 0.717) is 17.7 Å². The number of benzene rings is 2. The van der Waals surface area contributed by atoms with Crippen molar-refractivity contribution in [2.45, 2.75) is 26.2 Å². The smallest absolute Gasteiger partial charge is 0.311 e. The third kappa shape index (κ3) is 2.99. The minimum Gasteiger partial charge on any atom is -0.426 e. The maximum atomic E-state index is 11.6. The van der Waals surface area contributed by atoms with Crippen molar-refractivity contribution in [3.8, 4) is 5.75 Å². The summed E-state index contributed by atoms with van der Waals surface area (Å²) in [5, 5.41) is 1.76. The van der Waals surface area contributed by atoms with E-state index in [4.69, 9.17) is 4.74 Å². The van der Waals surface area contributed by atoms with Gasteiger partial charge in [0.05, 0.1) is 5.56 Å². The van der Waals surface area contributed by atoms with Gasteiger partial charge in [0, 0.05) is 6.42 Å². The Balaban J connectivity index is 2.33. The summed E-state index contributed by atoms with van der Waals surface area (Å²) in [6, 6.07) is 11.1. The second-order valence-electron chi connectivity index (χ2n) is 4.39. The lowest BCUT2D eigenvalue weighted by molar-refractivity contribution is -0.134. The maximum Gasteiger partial charge on any atom is 0.311 e. The number of carbonyl (C=O) groups excluding carboxylic acids is 2. The first-order valence-corrected chi connectivity index (χ1v) is 6.44. The van der Waals surface area contributed by atoms with Crippen LogP contribution in [0, 0.1) is 0 Å². The highest BCUT2D eigenvalue weighted by Gasteiger charge is 2.11. The first-order chi connectivity index (χ1) is 9.26. The standard InChI is InChI=1S/C16H16O3/c1-2-3-8-16(18)19-15-10-9-12-6-4-5-7-13(12)14(15)11-17/h4-7,9-11H,2-3,8H2,1H3. The van der Waals surface area contributed by atoms with Crippen LogP contribution in [0.2, 0.25) is 0 Å². The van der Waals surface area contributed by atoms with Gasteiger partial charge in [0.15, 0.2) is 6.29 Å². The highest BCUT2D eigenvalue weighted by atomic mass is 16.5. The molecule has 0 saturated carbocycles. The Morgan fingerprint density at radius 3 is 2.74 bits per heavy atom. The number of aldehydes is 1. The first-order valence-electron chi connectivity index (χ1n) is 6.44. The molecule has 98 valence electrons. The minimum atomic E-state index is -0.291. The predicted molar refractivity (Wildman–Crippen MR) is 74.5 cm³/mol. The molecule has 2 aromatic carbocycles. The summed E-state index contributed by atoms with van der Waals surface area (Å²) in [6.07, 6.45) is 2.85. The third-order valence-electron chi connectivity index (χ3n) is 3.01. The molecule has 0 fully saturated rings. The zero-order chi connectivity index (χ0) is 13.7. The van der Waals surface area contributed by atoms with Crippen molar-refractivity contribution < 1.29 is 14.3 Å². The molecule has 0 aliphatic heterocycles. The van der Waals surface area contributed by atoms with E-state index in [9.17, 15) is 9.59 Å². The topological polar surface area (TPSA) is 43.4 Å². The van der Waals surface area contributed by atoms with Crippen LogP contribution in [0.4, 0.5) is 0 Å². The van der Waals surface area contributed by atoms with Gasteiger partial charge in [0.1, 0.15) is 5.75 Å². The summed E-state index contributed by atoms with van der Waals surface area (Å²) in [5.74, 6) is 0.0510. The zero-order valence-corrected chi connectivity index (χ0v) is 10.9. The van der Waals surface area contributed by atoms with Crippen LogP contribution in [0.3, 0.4) is 0 Å². The SMILES string of the molecule is CCCCC(=O)Oc1ccc2ccccc2c1C=O. The van der Waals surface area contributed by atoms with Gasteiger partial charge in [-0.2, -0.15) is 0 Å². The largest absolute Gasteiger partial charge is 0.426 e. The van der Waals surface area contributed by atoms with Crippen LogP contribution < -0.4 is 4.74 Å². The quantitative estimate of drug-likeness (QED) is 0.465. The van der Waals surface area contributed by atoms with E-state index >= 15 is 0 Å². The number of fused-ring (bicyclic) bond motifs is 1. The zero-order valence-electron chi connectivity index (χ0n) is 10.9. The van der Waals surface area contributed by atoms with Gasteiger partial charge in [-0.1, -0.05) is 43.7 Å². The Labute approximate surface area is 112 Å². The lowest BCUT2D eigenvalue weighted by Crippen LogP contribution is -2.09. The minimum absolute atomic E-state index is 0.291. The Hall–Kier alpha value is -2.16. The Bertz CT molecular complexity index is 602. The van der Waals surface area contributed by atoms with Crippen LogP contribution in [0.1, 0.15) is 36.5 Å². The second kappa shape index (κ2) is 6.14. The van der Waals surface area contributed by atoms with Gasteiger partial charge in [0.2, 0.25) is 0 Å². The van der Waals surface area contributed by atoms with Crippen molar-refractivity contribution >= 4 is 23.0 Å². The van der Waals surface area contributed by atoms with Crippen LogP contribution in [-0.2, 0) is 4.79 Å². The molecular weight excluding hydrogens is 240 g/mol. The molecule has 0 N–H and O–H groups in total. The van der Waals surface area contributed by atoms with E-state index < -0.39 is 0 Å². The first kappa shape index (κ1) is 13.3. The average molecular weight is 256 g/mol. The fourth-order valence-electron chi connectivity index (χ4n) is 1.98. The van der Waals surface area contributed by atoms with Crippen molar-refractivity contribution in [2.75, 3.05) is 0 Å². The van der Waals surface area contributed by atoms with E-state index in [0.717, 1.165) is 29.9 Å². The molecule has 0 aromatic heterocycles. The number of hydrogen-bond donors (Lipinski definition) is 0. The monoisotopic (exact) mass is 256 g/mol. The van der Waals surface area contributed by atoms with Gasteiger partial charge in [-0.3, -0.25) is 9.59 Å². The predicted octanol–water partition coefficient (Wildman–Crippen LogP) is 3.75. The molecule has 0 saturated heterocycles. The average Bonchev–Trinajstić information content (AvgIpc) is 2.45. The molecule has 3 heteroatoms. The van der Waals surface area contributed by atoms with Crippen molar-refractivity contribution in [3.05, 3.63) is 42.0 Å². The van der Waals surface area contributed by atoms with Crippen LogP contribution in [-0.4, -0.2) is 12.3 Å².